The summed E-state index contributed by atoms with van der Waals surface area (Å²) in [5.74, 6) is 0.269. The Labute approximate surface area is 218 Å². The molecule has 202 valence electrons. The number of morpholine rings is 1. The number of hydrogen-bond acceptors (Lipinski definition) is 8. The minimum Gasteiger partial charge on any atom is -0.478 e. The SMILES string of the molecule is COc1ncc(-c2cc(NC(=O)c3cc(CN(C)C)cc(C(F)(F)F)c3)cnc2C)nc1N1CCOCC1. The fraction of sp³-hybridized carbons (Fsp3) is 0.385. The van der Waals surface area contributed by atoms with E-state index < -0.39 is 17.6 Å². The largest absolute Gasteiger partial charge is 0.478 e. The van der Waals surface area contributed by atoms with Crippen LogP contribution in [0.5, 0.6) is 5.88 Å². The van der Waals surface area contributed by atoms with E-state index in [4.69, 9.17) is 14.5 Å². The van der Waals surface area contributed by atoms with E-state index in [1.807, 2.05) is 4.90 Å². The summed E-state index contributed by atoms with van der Waals surface area (Å²) in [6.45, 7) is 4.43. The Hall–Kier alpha value is -3.77. The molecular weight excluding hydrogens is 501 g/mol. The molecule has 1 aliphatic rings. The minimum atomic E-state index is -4.58. The Morgan fingerprint density at radius 2 is 1.87 bits per heavy atom. The third-order valence-electron chi connectivity index (χ3n) is 5.93. The number of amides is 1. The molecule has 0 radical (unpaired) electrons. The number of hydrogen-bond donors (Lipinski definition) is 1. The molecule has 1 aromatic carbocycles. The first-order valence-electron chi connectivity index (χ1n) is 11.9. The molecule has 1 fully saturated rings. The highest BCUT2D eigenvalue weighted by Gasteiger charge is 2.32. The van der Waals surface area contributed by atoms with Crippen molar-refractivity contribution in [1.82, 2.24) is 19.9 Å². The molecule has 9 nitrogen and oxygen atoms in total. The van der Waals surface area contributed by atoms with Crippen molar-refractivity contribution in [2.24, 2.45) is 0 Å². The predicted octanol–water partition coefficient (Wildman–Crippen LogP) is 4.02. The molecule has 0 aliphatic carbocycles. The van der Waals surface area contributed by atoms with E-state index in [1.54, 1.807) is 38.2 Å². The van der Waals surface area contributed by atoms with Gasteiger partial charge in [0, 0.05) is 36.5 Å². The lowest BCUT2D eigenvalue weighted by Gasteiger charge is -2.28. The van der Waals surface area contributed by atoms with Crippen molar-refractivity contribution < 1.29 is 27.4 Å². The van der Waals surface area contributed by atoms with Crippen LogP contribution in [0.15, 0.2) is 36.7 Å². The highest BCUT2D eigenvalue weighted by Crippen LogP contribution is 2.32. The maximum Gasteiger partial charge on any atom is 0.416 e. The number of methoxy groups -OCH3 is 1. The van der Waals surface area contributed by atoms with Crippen molar-refractivity contribution >= 4 is 17.4 Å². The molecule has 3 heterocycles. The standard InChI is InChI=1S/C26H29F3N6O3/c1-16-21(22-14-31-25(37-4)23(33-22)35-5-7-38-8-6-35)12-20(13-30-16)32-24(36)18-9-17(15-34(2)3)10-19(11-18)26(27,28)29/h9-14H,5-8,15H2,1-4H3,(H,32,36). The van der Waals surface area contributed by atoms with Crippen molar-refractivity contribution in [2.75, 3.05) is 57.7 Å². The molecule has 0 saturated carbocycles. The Morgan fingerprint density at radius 3 is 2.53 bits per heavy atom. The monoisotopic (exact) mass is 530 g/mol. The smallest absolute Gasteiger partial charge is 0.416 e. The summed E-state index contributed by atoms with van der Waals surface area (Å²) >= 11 is 0. The lowest BCUT2D eigenvalue weighted by Crippen LogP contribution is -2.37. The Morgan fingerprint density at radius 1 is 1.13 bits per heavy atom. The third kappa shape index (κ3) is 6.37. The fourth-order valence-corrected chi connectivity index (χ4v) is 4.13. The predicted molar refractivity (Wildman–Crippen MR) is 136 cm³/mol. The number of anilines is 2. The second kappa shape index (κ2) is 11.3. The molecule has 4 rings (SSSR count). The molecule has 12 heteroatoms. The molecule has 1 aliphatic heterocycles. The highest BCUT2D eigenvalue weighted by atomic mass is 19.4. The first-order valence-corrected chi connectivity index (χ1v) is 11.9. The van der Waals surface area contributed by atoms with Gasteiger partial charge >= 0.3 is 6.18 Å². The lowest BCUT2D eigenvalue weighted by atomic mass is 10.0. The normalized spacial score (nSPS) is 14.1. The van der Waals surface area contributed by atoms with Crippen LogP contribution in [-0.4, -0.2) is 73.3 Å². The van der Waals surface area contributed by atoms with Gasteiger partial charge in [0.25, 0.3) is 11.8 Å². The topological polar surface area (TPSA) is 92.7 Å². The van der Waals surface area contributed by atoms with Crippen LogP contribution < -0.4 is 15.0 Å². The van der Waals surface area contributed by atoms with Gasteiger partial charge < -0.3 is 24.6 Å². The van der Waals surface area contributed by atoms with E-state index >= 15 is 0 Å². The van der Waals surface area contributed by atoms with E-state index in [-0.39, 0.29) is 12.1 Å². The first-order chi connectivity index (χ1) is 18.0. The average Bonchev–Trinajstić information content (AvgIpc) is 2.89. The van der Waals surface area contributed by atoms with Crippen LogP contribution in [0.2, 0.25) is 0 Å². The van der Waals surface area contributed by atoms with E-state index in [1.165, 1.54) is 19.4 Å². The number of halogens is 3. The zero-order valence-corrected chi connectivity index (χ0v) is 21.6. The van der Waals surface area contributed by atoms with Gasteiger partial charge in [-0.2, -0.15) is 13.2 Å². The van der Waals surface area contributed by atoms with Crippen molar-refractivity contribution in [3.05, 3.63) is 59.0 Å². The summed E-state index contributed by atoms with van der Waals surface area (Å²) in [5, 5.41) is 2.67. The van der Waals surface area contributed by atoms with Gasteiger partial charge in [0.05, 0.1) is 49.7 Å². The number of carbonyl (C=O) groups is 1. The average molecular weight is 531 g/mol. The number of nitrogens with zero attached hydrogens (tertiary/aromatic N) is 5. The number of carbonyl (C=O) groups excluding carboxylic acids is 1. The summed E-state index contributed by atoms with van der Waals surface area (Å²) in [7, 11) is 5.01. The molecule has 0 spiro atoms. The van der Waals surface area contributed by atoms with Gasteiger partial charge in [-0.15, -0.1) is 0 Å². The van der Waals surface area contributed by atoms with Gasteiger partial charge in [0.1, 0.15) is 0 Å². The van der Waals surface area contributed by atoms with Crippen molar-refractivity contribution in [2.45, 2.75) is 19.6 Å². The molecule has 1 N–H and O–H groups in total. The number of aryl methyl sites for hydroxylation is 1. The summed E-state index contributed by atoms with van der Waals surface area (Å²) in [6.07, 6.45) is -1.58. The molecule has 1 saturated heterocycles. The van der Waals surface area contributed by atoms with E-state index in [9.17, 15) is 18.0 Å². The van der Waals surface area contributed by atoms with Crippen LogP contribution in [0.4, 0.5) is 24.7 Å². The van der Waals surface area contributed by atoms with Gasteiger partial charge in [-0.05, 0) is 50.8 Å². The number of aromatic nitrogens is 3. The first kappa shape index (κ1) is 27.3. The molecule has 38 heavy (non-hydrogen) atoms. The maximum atomic E-state index is 13.5. The van der Waals surface area contributed by atoms with E-state index in [0.717, 1.165) is 12.1 Å². The molecule has 3 aromatic rings. The zero-order valence-electron chi connectivity index (χ0n) is 21.6. The van der Waals surface area contributed by atoms with Gasteiger partial charge in [0.15, 0.2) is 5.82 Å². The van der Waals surface area contributed by atoms with Gasteiger partial charge in [-0.3, -0.25) is 9.78 Å². The second-order valence-corrected chi connectivity index (χ2v) is 9.15. The Kier molecular flexibility index (Phi) is 8.12. The van der Waals surface area contributed by atoms with Crippen LogP contribution in [0.25, 0.3) is 11.3 Å². The highest BCUT2D eigenvalue weighted by molar-refractivity contribution is 6.04. The maximum absolute atomic E-state index is 13.5. The van der Waals surface area contributed by atoms with Crippen LogP contribution in [0.1, 0.15) is 27.2 Å². The molecule has 2 aromatic heterocycles. The number of ether oxygens (including phenoxy) is 2. The number of benzene rings is 1. The van der Waals surface area contributed by atoms with Crippen LogP contribution >= 0.6 is 0 Å². The quantitative estimate of drug-likeness (QED) is 0.490. The van der Waals surface area contributed by atoms with Gasteiger partial charge in [-0.1, -0.05) is 0 Å². The molecule has 1 amide bonds. The fourth-order valence-electron chi connectivity index (χ4n) is 4.13. The molecule has 0 atom stereocenters. The van der Waals surface area contributed by atoms with Gasteiger partial charge in [-0.25, -0.2) is 9.97 Å². The molecule has 0 unspecified atom stereocenters. The number of alkyl halides is 3. The lowest BCUT2D eigenvalue weighted by molar-refractivity contribution is -0.137. The summed E-state index contributed by atoms with van der Waals surface area (Å²) in [6, 6.07) is 5.03. The third-order valence-corrected chi connectivity index (χ3v) is 5.93. The second-order valence-electron chi connectivity index (χ2n) is 9.15. The van der Waals surface area contributed by atoms with Crippen LogP contribution in [0, 0.1) is 6.92 Å². The van der Waals surface area contributed by atoms with Gasteiger partial charge in [0.2, 0.25) is 0 Å². The Bertz CT molecular complexity index is 1310. The van der Waals surface area contributed by atoms with E-state index in [0.29, 0.717) is 66.2 Å². The summed E-state index contributed by atoms with van der Waals surface area (Å²) in [4.78, 5) is 30.3. The zero-order chi connectivity index (χ0) is 27.4. The van der Waals surface area contributed by atoms with Crippen molar-refractivity contribution in [3.8, 4) is 17.1 Å². The van der Waals surface area contributed by atoms with Crippen LogP contribution in [0.3, 0.4) is 0 Å². The summed E-state index contributed by atoms with van der Waals surface area (Å²) in [5.41, 5.74) is 1.48. The van der Waals surface area contributed by atoms with E-state index in [2.05, 4.69) is 15.3 Å². The number of rotatable bonds is 7. The number of pyridine rings is 1. The Balaban J connectivity index is 1.64. The molecular formula is C26H29F3N6O3. The van der Waals surface area contributed by atoms with Crippen LogP contribution in [-0.2, 0) is 17.5 Å². The van der Waals surface area contributed by atoms with Crippen molar-refractivity contribution in [1.29, 1.82) is 0 Å². The van der Waals surface area contributed by atoms with Crippen molar-refractivity contribution in [3.63, 3.8) is 0 Å². The number of nitrogens with one attached hydrogen (secondary N) is 1. The minimum absolute atomic E-state index is 0.0994. The molecule has 0 bridgehead atoms. The summed E-state index contributed by atoms with van der Waals surface area (Å²) < 4.78 is 51.3.